The lowest BCUT2D eigenvalue weighted by Gasteiger charge is -2.31. The third-order valence-corrected chi connectivity index (χ3v) is 15.0. The van der Waals surface area contributed by atoms with Crippen molar-refractivity contribution in [3.05, 3.63) is 210 Å². The van der Waals surface area contributed by atoms with Gasteiger partial charge < -0.3 is 8.83 Å². The van der Waals surface area contributed by atoms with Crippen LogP contribution in [-0.2, 0) is 5.41 Å². The average molecular weight is 834 g/mol. The van der Waals surface area contributed by atoms with Gasteiger partial charge in [0, 0.05) is 58.4 Å². The highest BCUT2D eigenvalue weighted by Crippen LogP contribution is 2.65. The molecule has 0 radical (unpaired) electrons. The summed E-state index contributed by atoms with van der Waals surface area (Å²) in [5.74, 6) is 1.87. The first kappa shape index (κ1) is 34.4. The summed E-state index contributed by atoms with van der Waals surface area (Å²) in [5.41, 5.74) is 15.4. The first-order chi connectivity index (χ1) is 31.7. The van der Waals surface area contributed by atoms with Gasteiger partial charge in [-0.25, -0.2) is 15.0 Å². The van der Waals surface area contributed by atoms with Crippen LogP contribution in [0.3, 0.4) is 0 Å². The highest BCUT2D eigenvalue weighted by atomic mass is 32.1. The molecule has 0 amide bonds. The van der Waals surface area contributed by atoms with Gasteiger partial charge in [0.05, 0.1) is 5.41 Å². The molecule has 64 heavy (non-hydrogen) atoms. The second-order valence-electron chi connectivity index (χ2n) is 17.0. The lowest BCUT2D eigenvalue weighted by Crippen LogP contribution is -2.26. The van der Waals surface area contributed by atoms with Crippen LogP contribution >= 0.6 is 11.3 Å². The molecule has 4 heterocycles. The van der Waals surface area contributed by atoms with Crippen LogP contribution in [0.15, 0.2) is 197 Å². The first-order valence-corrected chi connectivity index (χ1v) is 22.4. The van der Waals surface area contributed by atoms with Crippen molar-refractivity contribution >= 4 is 75.4 Å². The van der Waals surface area contributed by atoms with Crippen LogP contribution in [0, 0.1) is 0 Å². The maximum absolute atomic E-state index is 6.86. The summed E-state index contributed by atoms with van der Waals surface area (Å²) in [5, 5.41) is 6.77. The number of furan rings is 2. The van der Waals surface area contributed by atoms with Gasteiger partial charge in [-0.1, -0.05) is 133 Å². The summed E-state index contributed by atoms with van der Waals surface area (Å²) >= 11 is 1.78. The minimum absolute atomic E-state index is 0.604. The van der Waals surface area contributed by atoms with Crippen LogP contribution in [0.4, 0.5) is 0 Å². The van der Waals surface area contributed by atoms with Crippen LogP contribution in [0.25, 0.3) is 120 Å². The fourth-order valence-electron chi connectivity index (χ4n) is 11.1. The van der Waals surface area contributed by atoms with E-state index < -0.39 is 5.41 Å². The van der Waals surface area contributed by atoms with Crippen molar-refractivity contribution in [1.29, 1.82) is 0 Å². The number of benzene rings is 9. The molecule has 15 rings (SSSR count). The standard InChI is InChI=1S/C58H31N3O2S/c1-2-13-32(14-3-1)55-59-56(61-57(60-55)40-20-12-19-39-37-18-7-11-24-51(37)64-54(39)40)33-25-27-48-43(29-33)52-49(62-48)28-26-38-41-30-42-36-17-6-10-23-47(36)63-50(42)31-46(41)58(53(38)52)44-21-8-4-15-34(44)35-16-5-9-22-45(35)58/h1-31H. The molecule has 0 N–H and O–H groups in total. The summed E-state index contributed by atoms with van der Waals surface area (Å²) in [6, 6.07) is 66.9. The Morgan fingerprint density at radius 2 is 1.00 bits per heavy atom. The Balaban J connectivity index is 1.02. The Morgan fingerprint density at radius 3 is 1.84 bits per heavy atom. The number of para-hydroxylation sites is 1. The zero-order valence-corrected chi connectivity index (χ0v) is 34.8. The minimum atomic E-state index is -0.638. The number of aromatic nitrogens is 3. The molecule has 0 saturated carbocycles. The Morgan fingerprint density at radius 1 is 0.359 bits per heavy atom. The van der Waals surface area contributed by atoms with Crippen molar-refractivity contribution in [3.63, 3.8) is 0 Å². The van der Waals surface area contributed by atoms with E-state index in [9.17, 15) is 0 Å². The number of fused-ring (bicyclic) bond motifs is 20. The van der Waals surface area contributed by atoms with Crippen molar-refractivity contribution in [2.24, 2.45) is 0 Å². The SMILES string of the molecule is c1ccc(-c2nc(-c3ccc4oc5ccc6c(c5c4c3)C3(c4ccccc4-c4ccccc43)c3cc4oc5ccccc5c4cc3-6)nc(-c3cccc4c3sc3ccccc34)n2)cc1. The zero-order chi connectivity index (χ0) is 41.7. The second-order valence-corrected chi connectivity index (χ2v) is 18.0. The number of hydrogen-bond acceptors (Lipinski definition) is 6. The smallest absolute Gasteiger partial charge is 0.165 e. The molecule has 6 heteroatoms. The third kappa shape index (κ3) is 4.44. The van der Waals surface area contributed by atoms with E-state index in [1.165, 1.54) is 60.0 Å². The molecule has 0 fully saturated rings. The molecule has 0 bridgehead atoms. The van der Waals surface area contributed by atoms with Crippen LogP contribution in [-0.4, -0.2) is 15.0 Å². The molecule has 0 saturated heterocycles. The van der Waals surface area contributed by atoms with Gasteiger partial charge in [0.15, 0.2) is 17.5 Å². The lowest BCUT2D eigenvalue weighted by molar-refractivity contribution is 0.666. The topological polar surface area (TPSA) is 65.0 Å². The van der Waals surface area contributed by atoms with E-state index in [-0.39, 0.29) is 0 Å². The molecule has 0 atom stereocenters. The molecule has 2 aliphatic carbocycles. The number of hydrogen-bond donors (Lipinski definition) is 0. The van der Waals surface area contributed by atoms with E-state index in [2.05, 4.69) is 164 Å². The number of rotatable bonds is 3. The van der Waals surface area contributed by atoms with Gasteiger partial charge in [-0.15, -0.1) is 11.3 Å². The number of nitrogens with zero attached hydrogens (tertiary/aromatic N) is 3. The van der Waals surface area contributed by atoms with Gasteiger partial charge in [0.25, 0.3) is 0 Å². The second kappa shape index (κ2) is 12.5. The lowest BCUT2D eigenvalue weighted by atomic mass is 9.69. The van der Waals surface area contributed by atoms with Crippen LogP contribution in [0.2, 0.25) is 0 Å². The van der Waals surface area contributed by atoms with Crippen molar-refractivity contribution in [2.75, 3.05) is 0 Å². The third-order valence-electron chi connectivity index (χ3n) is 13.7. The molecule has 5 nitrogen and oxygen atoms in total. The Kier molecular flexibility index (Phi) is 6.70. The highest BCUT2D eigenvalue weighted by Gasteiger charge is 2.53. The molecule has 0 aliphatic heterocycles. The van der Waals surface area contributed by atoms with E-state index in [1.54, 1.807) is 11.3 Å². The van der Waals surface area contributed by atoms with Gasteiger partial charge in [-0.05, 0) is 99.1 Å². The molecular formula is C58H31N3O2S. The summed E-state index contributed by atoms with van der Waals surface area (Å²) < 4.78 is 15.9. The predicted molar refractivity (Wildman–Crippen MR) is 260 cm³/mol. The van der Waals surface area contributed by atoms with Gasteiger partial charge in [0.1, 0.15) is 22.3 Å². The minimum Gasteiger partial charge on any atom is -0.456 e. The van der Waals surface area contributed by atoms with Gasteiger partial charge in [-0.3, -0.25) is 0 Å². The predicted octanol–water partition coefficient (Wildman–Crippen LogP) is 15.4. The maximum Gasteiger partial charge on any atom is 0.165 e. The highest BCUT2D eigenvalue weighted by molar-refractivity contribution is 7.26. The van der Waals surface area contributed by atoms with E-state index in [0.29, 0.717) is 17.5 Å². The molecule has 296 valence electrons. The molecular weight excluding hydrogens is 803 g/mol. The van der Waals surface area contributed by atoms with E-state index in [1.807, 2.05) is 24.3 Å². The summed E-state index contributed by atoms with van der Waals surface area (Å²) in [6.45, 7) is 0. The largest absolute Gasteiger partial charge is 0.456 e. The molecule has 0 unspecified atom stereocenters. The van der Waals surface area contributed by atoms with E-state index in [0.717, 1.165) is 65.3 Å². The summed E-state index contributed by atoms with van der Waals surface area (Å²) in [4.78, 5) is 15.7. The van der Waals surface area contributed by atoms with E-state index >= 15 is 0 Å². The molecule has 4 aromatic heterocycles. The Hall–Kier alpha value is -8.19. The monoisotopic (exact) mass is 833 g/mol. The van der Waals surface area contributed by atoms with Crippen molar-refractivity contribution in [1.82, 2.24) is 15.0 Å². The van der Waals surface area contributed by atoms with Crippen molar-refractivity contribution < 1.29 is 8.83 Å². The fraction of sp³-hybridized carbons (Fsp3) is 0.0172. The van der Waals surface area contributed by atoms with Crippen LogP contribution in [0.5, 0.6) is 0 Å². The van der Waals surface area contributed by atoms with Crippen molar-refractivity contribution in [2.45, 2.75) is 5.41 Å². The zero-order valence-electron chi connectivity index (χ0n) is 34.0. The average Bonchev–Trinajstić information content (AvgIpc) is 4.16. The first-order valence-electron chi connectivity index (χ1n) is 21.6. The maximum atomic E-state index is 6.86. The normalized spacial score (nSPS) is 13.4. The van der Waals surface area contributed by atoms with Gasteiger partial charge in [0.2, 0.25) is 0 Å². The van der Waals surface area contributed by atoms with Gasteiger partial charge in [-0.2, -0.15) is 0 Å². The number of thiophene rings is 1. The quantitative estimate of drug-likeness (QED) is 0.177. The van der Waals surface area contributed by atoms with Gasteiger partial charge >= 0.3 is 0 Å². The molecule has 2 aliphatic rings. The molecule has 13 aromatic rings. The summed E-state index contributed by atoms with van der Waals surface area (Å²) in [7, 11) is 0. The van der Waals surface area contributed by atoms with Crippen LogP contribution in [0.1, 0.15) is 22.3 Å². The van der Waals surface area contributed by atoms with Crippen molar-refractivity contribution in [3.8, 4) is 56.4 Å². The molecule has 1 spiro atoms. The fourth-order valence-corrected chi connectivity index (χ4v) is 12.3. The van der Waals surface area contributed by atoms with E-state index in [4.69, 9.17) is 23.8 Å². The summed E-state index contributed by atoms with van der Waals surface area (Å²) in [6.07, 6.45) is 0. The van der Waals surface area contributed by atoms with Crippen LogP contribution < -0.4 is 0 Å². The molecule has 9 aromatic carbocycles. The Bertz CT molecular complexity index is 4110. The Labute approximate surface area is 369 Å².